The Hall–Kier alpha value is -4.20. The van der Waals surface area contributed by atoms with E-state index in [1.165, 1.54) is 0 Å². The number of hydrogen-bond acceptors (Lipinski definition) is 5. The number of unbranched alkanes of at least 4 members (excludes halogenated alkanes) is 2. The van der Waals surface area contributed by atoms with Crippen LogP contribution in [0, 0.1) is 0 Å². The van der Waals surface area contributed by atoms with E-state index in [2.05, 4.69) is 40.1 Å². The summed E-state index contributed by atoms with van der Waals surface area (Å²) in [5.74, 6) is -0.640. The van der Waals surface area contributed by atoms with E-state index in [0.717, 1.165) is 65.6 Å². The summed E-state index contributed by atoms with van der Waals surface area (Å²) in [5, 5.41) is 19.3. The van der Waals surface area contributed by atoms with Gasteiger partial charge in [0.25, 0.3) is 0 Å². The molecule has 8 nitrogen and oxygen atoms in total. The normalized spacial score (nSPS) is 11.9. The first-order chi connectivity index (χ1) is 18.4. The molecule has 2 aromatic heterocycles. The Labute approximate surface area is 222 Å². The lowest BCUT2D eigenvalue weighted by Crippen LogP contribution is -2.45. The lowest BCUT2D eigenvalue weighted by molar-refractivity contribution is -0.127. The molecular weight excluding hydrogens is 478 g/mol. The summed E-state index contributed by atoms with van der Waals surface area (Å²) in [5.41, 5.74) is 9.16. The summed E-state index contributed by atoms with van der Waals surface area (Å²) >= 11 is 0. The van der Waals surface area contributed by atoms with Crippen molar-refractivity contribution in [1.82, 2.24) is 20.1 Å². The molecule has 8 heteroatoms. The molecule has 4 aromatic rings. The number of pyridine rings is 1. The molecule has 4 N–H and O–H groups in total. The molecule has 1 atom stereocenters. The van der Waals surface area contributed by atoms with E-state index in [9.17, 15) is 14.7 Å². The van der Waals surface area contributed by atoms with Crippen LogP contribution in [0.15, 0.2) is 66.9 Å². The molecule has 0 unspecified atom stereocenters. The number of hydrogen-bond donors (Lipinski definition) is 3. The van der Waals surface area contributed by atoms with Crippen LogP contribution in [0.5, 0.6) is 5.75 Å². The standard InChI is InChI=1S/C30H35N5O3/c1-2-3-16-35-24(19-27(34-35)26-18-22-8-4-5-9-23(22)20-32-26)10-6-7-11-29(37)33-28(30(31)38)17-21-12-14-25(36)15-13-21/h4-5,8-9,12-15,18-20,28,36H,2-3,6-7,10-11,16-17H2,1H3,(H2,31,38)(H,33,37)/t28-/m0/s1. The zero-order valence-electron chi connectivity index (χ0n) is 21.8. The van der Waals surface area contributed by atoms with Gasteiger partial charge >= 0.3 is 0 Å². The van der Waals surface area contributed by atoms with Crippen LogP contribution in [0.1, 0.15) is 50.3 Å². The summed E-state index contributed by atoms with van der Waals surface area (Å²) < 4.78 is 2.07. The average Bonchev–Trinajstić information content (AvgIpc) is 3.33. The maximum absolute atomic E-state index is 12.5. The van der Waals surface area contributed by atoms with E-state index in [4.69, 9.17) is 10.8 Å². The number of rotatable bonds is 13. The number of amides is 2. The second-order valence-electron chi connectivity index (χ2n) is 9.61. The van der Waals surface area contributed by atoms with Crippen LogP contribution in [0.25, 0.3) is 22.2 Å². The van der Waals surface area contributed by atoms with Crippen molar-refractivity contribution < 1.29 is 14.7 Å². The molecule has 0 aliphatic rings. The van der Waals surface area contributed by atoms with Gasteiger partial charge in [0.2, 0.25) is 11.8 Å². The van der Waals surface area contributed by atoms with Crippen LogP contribution in [0.4, 0.5) is 0 Å². The van der Waals surface area contributed by atoms with Crippen LogP contribution in [-0.2, 0) is 29.0 Å². The Morgan fingerprint density at radius 3 is 2.50 bits per heavy atom. The fourth-order valence-corrected chi connectivity index (χ4v) is 4.46. The lowest BCUT2D eigenvalue weighted by atomic mass is 10.0. The van der Waals surface area contributed by atoms with Crippen LogP contribution in [0.3, 0.4) is 0 Å². The summed E-state index contributed by atoms with van der Waals surface area (Å²) in [7, 11) is 0. The zero-order valence-corrected chi connectivity index (χ0v) is 21.8. The van der Waals surface area contributed by atoms with Crippen molar-refractivity contribution in [1.29, 1.82) is 0 Å². The van der Waals surface area contributed by atoms with Gasteiger partial charge in [-0.2, -0.15) is 5.10 Å². The molecule has 0 fully saturated rings. The zero-order chi connectivity index (χ0) is 26.9. The fraction of sp³-hybridized carbons (Fsp3) is 0.333. The Morgan fingerprint density at radius 1 is 1.00 bits per heavy atom. The lowest BCUT2D eigenvalue weighted by Gasteiger charge is -2.15. The highest BCUT2D eigenvalue weighted by molar-refractivity contribution is 5.87. The van der Waals surface area contributed by atoms with E-state index in [0.29, 0.717) is 12.8 Å². The molecule has 2 aromatic carbocycles. The molecule has 0 bridgehead atoms. The van der Waals surface area contributed by atoms with Crippen LogP contribution in [0.2, 0.25) is 0 Å². The number of nitrogens with two attached hydrogens (primary N) is 1. The summed E-state index contributed by atoms with van der Waals surface area (Å²) in [6, 6.07) is 18.0. The second kappa shape index (κ2) is 12.9. The molecule has 0 saturated carbocycles. The topological polar surface area (TPSA) is 123 Å². The molecular formula is C30H35N5O3. The van der Waals surface area contributed by atoms with Gasteiger partial charge in [0.15, 0.2) is 0 Å². The predicted octanol–water partition coefficient (Wildman–Crippen LogP) is 4.53. The van der Waals surface area contributed by atoms with E-state index in [-0.39, 0.29) is 18.1 Å². The molecule has 198 valence electrons. The van der Waals surface area contributed by atoms with Gasteiger partial charge in [-0.15, -0.1) is 0 Å². The number of fused-ring (bicyclic) bond motifs is 1. The number of aryl methyl sites for hydroxylation is 2. The molecule has 38 heavy (non-hydrogen) atoms. The number of benzene rings is 2. The SMILES string of the molecule is CCCCn1nc(-c2cc3ccccc3cn2)cc1CCCCC(=O)N[C@@H](Cc1ccc(O)cc1)C(N)=O. The number of phenolic OH excluding ortho intramolecular Hbond substituents is 1. The van der Waals surface area contributed by atoms with Crippen molar-refractivity contribution in [3.8, 4) is 17.1 Å². The number of nitrogens with zero attached hydrogens (tertiary/aromatic N) is 3. The number of aromatic hydroxyl groups is 1. The highest BCUT2D eigenvalue weighted by atomic mass is 16.3. The van der Waals surface area contributed by atoms with Crippen LogP contribution >= 0.6 is 0 Å². The average molecular weight is 514 g/mol. The first-order valence-corrected chi connectivity index (χ1v) is 13.2. The van der Waals surface area contributed by atoms with Crippen molar-refractivity contribution in [2.24, 2.45) is 5.73 Å². The number of nitrogens with one attached hydrogen (secondary N) is 1. The van der Waals surface area contributed by atoms with Crippen LogP contribution in [-0.4, -0.2) is 37.7 Å². The maximum atomic E-state index is 12.5. The Balaban J connectivity index is 1.34. The summed E-state index contributed by atoms with van der Waals surface area (Å²) in [6.45, 7) is 3.01. The monoisotopic (exact) mass is 513 g/mol. The second-order valence-corrected chi connectivity index (χ2v) is 9.61. The maximum Gasteiger partial charge on any atom is 0.240 e. The van der Waals surface area contributed by atoms with Crippen molar-refractivity contribution in [2.45, 2.75) is 64.5 Å². The van der Waals surface area contributed by atoms with Crippen molar-refractivity contribution in [3.63, 3.8) is 0 Å². The number of carbonyl (C=O) groups is 2. The third-order valence-electron chi connectivity index (χ3n) is 6.62. The Morgan fingerprint density at radius 2 is 1.76 bits per heavy atom. The van der Waals surface area contributed by atoms with E-state index in [1.54, 1.807) is 24.3 Å². The summed E-state index contributed by atoms with van der Waals surface area (Å²) in [4.78, 5) is 29.0. The quantitative estimate of drug-likeness (QED) is 0.227. The first-order valence-electron chi connectivity index (χ1n) is 13.2. The Kier molecular flexibility index (Phi) is 9.08. The molecule has 0 spiro atoms. The minimum atomic E-state index is -0.792. The van der Waals surface area contributed by atoms with Gasteiger partial charge in [0.1, 0.15) is 17.5 Å². The third kappa shape index (κ3) is 7.18. The molecule has 2 amide bonds. The highest BCUT2D eigenvalue weighted by Gasteiger charge is 2.19. The first kappa shape index (κ1) is 26.9. The number of aromatic nitrogens is 3. The molecule has 0 radical (unpaired) electrons. The largest absolute Gasteiger partial charge is 0.508 e. The van der Waals surface area contributed by atoms with Crippen molar-refractivity contribution in [3.05, 3.63) is 78.1 Å². The fourth-order valence-electron chi connectivity index (χ4n) is 4.46. The Bertz CT molecular complexity index is 1380. The molecule has 0 aliphatic carbocycles. The summed E-state index contributed by atoms with van der Waals surface area (Å²) in [6.07, 6.45) is 6.88. The van der Waals surface area contributed by atoms with Gasteiger partial charge < -0.3 is 16.2 Å². The number of primary amides is 1. The predicted molar refractivity (Wildman–Crippen MR) is 148 cm³/mol. The van der Waals surface area contributed by atoms with Gasteiger partial charge in [0, 0.05) is 36.7 Å². The minimum absolute atomic E-state index is 0.144. The van der Waals surface area contributed by atoms with Crippen molar-refractivity contribution in [2.75, 3.05) is 0 Å². The minimum Gasteiger partial charge on any atom is -0.508 e. The van der Waals surface area contributed by atoms with E-state index < -0.39 is 11.9 Å². The highest BCUT2D eigenvalue weighted by Crippen LogP contribution is 2.23. The smallest absolute Gasteiger partial charge is 0.240 e. The van der Waals surface area contributed by atoms with Gasteiger partial charge in [-0.1, -0.05) is 49.7 Å². The van der Waals surface area contributed by atoms with Gasteiger partial charge in [-0.3, -0.25) is 19.3 Å². The van der Waals surface area contributed by atoms with E-state index in [1.807, 2.05) is 24.4 Å². The number of phenols is 1. The third-order valence-corrected chi connectivity index (χ3v) is 6.62. The van der Waals surface area contributed by atoms with Crippen LogP contribution < -0.4 is 11.1 Å². The molecule has 0 saturated heterocycles. The van der Waals surface area contributed by atoms with E-state index >= 15 is 0 Å². The number of carbonyl (C=O) groups excluding carboxylic acids is 2. The van der Waals surface area contributed by atoms with Gasteiger partial charge in [-0.05, 0) is 60.9 Å². The molecule has 2 heterocycles. The molecule has 0 aliphatic heterocycles. The van der Waals surface area contributed by atoms with Gasteiger partial charge in [-0.25, -0.2) is 0 Å². The van der Waals surface area contributed by atoms with Gasteiger partial charge in [0.05, 0.1) is 5.69 Å². The molecule has 4 rings (SSSR count). The van der Waals surface area contributed by atoms with Crippen molar-refractivity contribution >= 4 is 22.6 Å².